The number of aromatic carboxylic acids is 1. The van der Waals surface area contributed by atoms with E-state index in [-0.39, 0.29) is 5.76 Å². The lowest BCUT2D eigenvalue weighted by Gasteiger charge is -2.10. The van der Waals surface area contributed by atoms with Gasteiger partial charge in [0.15, 0.2) is 0 Å². The lowest BCUT2D eigenvalue weighted by molar-refractivity contribution is 0.0665. The highest BCUT2D eigenvalue weighted by Crippen LogP contribution is 2.20. The van der Waals surface area contributed by atoms with Crippen LogP contribution in [0.25, 0.3) is 11.0 Å². The number of rotatable bonds is 5. The Bertz CT molecular complexity index is 559. The van der Waals surface area contributed by atoms with Crippen molar-refractivity contribution in [3.8, 4) is 0 Å². The van der Waals surface area contributed by atoms with Crippen LogP contribution in [-0.2, 0) is 6.54 Å². The second-order valence-electron chi connectivity index (χ2n) is 4.48. The normalized spacial score (nSPS) is 12.8. The molecular formula is C14H17NO3. The molecule has 0 fully saturated rings. The van der Waals surface area contributed by atoms with Crippen LogP contribution in [0.15, 0.2) is 28.7 Å². The number of hydrogen-bond acceptors (Lipinski definition) is 3. The summed E-state index contributed by atoms with van der Waals surface area (Å²) in [6, 6.07) is 7.76. The molecule has 0 saturated carbocycles. The summed E-state index contributed by atoms with van der Waals surface area (Å²) in [4.78, 5) is 10.8. The van der Waals surface area contributed by atoms with E-state index < -0.39 is 5.97 Å². The molecule has 4 heteroatoms. The van der Waals surface area contributed by atoms with Crippen molar-refractivity contribution < 1.29 is 14.3 Å². The van der Waals surface area contributed by atoms with Gasteiger partial charge in [-0.05, 0) is 37.1 Å². The van der Waals surface area contributed by atoms with Gasteiger partial charge in [0.25, 0.3) is 0 Å². The van der Waals surface area contributed by atoms with Crippen LogP contribution in [0.5, 0.6) is 0 Å². The standard InChI is InChI=1S/C14H17NO3/c1-3-9(2)15-8-10-4-5-12-11(6-10)7-13(18-12)14(16)17/h4-7,9,15H,3,8H2,1-2H3,(H,16,17). The molecule has 1 heterocycles. The summed E-state index contributed by atoms with van der Waals surface area (Å²) in [6.07, 6.45) is 1.08. The summed E-state index contributed by atoms with van der Waals surface area (Å²) < 4.78 is 5.21. The van der Waals surface area contributed by atoms with E-state index in [2.05, 4.69) is 19.2 Å². The largest absolute Gasteiger partial charge is 0.475 e. The molecule has 0 radical (unpaired) electrons. The van der Waals surface area contributed by atoms with Gasteiger partial charge in [-0.25, -0.2) is 4.79 Å². The van der Waals surface area contributed by atoms with Crippen molar-refractivity contribution in [1.29, 1.82) is 0 Å². The third-order valence-electron chi connectivity index (χ3n) is 3.06. The number of benzene rings is 1. The van der Waals surface area contributed by atoms with Gasteiger partial charge in [-0.3, -0.25) is 0 Å². The molecule has 2 N–H and O–H groups in total. The maximum atomic E-state index is 10.8. The van der Waals surface area contributed by atoms with Gasteiger partial charge in [0.05, 0.1) is 0 Å². The van der Waals surface area contributed by atoms with Crippen LogP contribution in [0.2, 0.25) is 0 Å². The van der Waals surface area contributed by atoms with E-state index >= 15 is 0 Å². The number of carboxylic acids is 1. The third kappa shape index (κ3) is 2.71. The second-order valence-corrected chi connectivity index (χ2v) is 4.48. The van der Waals surface area contributed by atoms with E-state index in [1.54, 1.807) is 6.07 Å². The fraction of sp³-hybridized carbons (Fsp3) is 0.357. The summed E-state index contributed by atoms with van der Waals surface area (Å²) in [5, 5.41) is 13.1. The van der Waals surface area contributed by atoms with Gasteiger partial charge in [0.2, 0.25) is 5.76 Å². The molecule has 4 nitrogen and oxygen atoms in total. The minimum absolute atomic E-state index is 0.0166. The van der Waals surface area contributed by atoms with Gasteiger partial charge >= 0.3 is 5.97 Å². The van der Waals surface area contributed by atoms with Crippen LogP contribution in [0.1, 0.15) is 36.4 Å². The van der Waals surface area contributed by atoms with Crippen LogP contribution in [0.3, 0.4) is 0 Å². The highest BCUT2D eigenvalue weighted by atomic mass is 16.4. The average molecular weight is 247 g/mol. The van der Waals surface area contributed by atoms with Crippen LogP contribution in [-0.4, -0.2) is 17.1 Å². The first-order chi connectivity index (χ1) is 8.60. The molecule has 96 valence electrons. The van der Waals surface area contributed by atoms with Crippen molar-refractivity contribution in [2.24, 2.45) is 0 Å². The van der Waals surface area contributed by atoms with Gasteiger partial charge in [-0.15, -0.1) is 0 Å². The first-order valence-electron chi connectivity index (χ1n) is 6.09. The smallest absolute Gasteiger partial charge is 0.371 e. The molecule has 2 aromatic rings. The Morgan fingerprint density at radius 3 is 2.89 bits per heavy atom. The molecule has 0 aliphatic carbocycles. The average Bonchev–Trinajstić information content (AvgIpc) is 2.79. The molecule has 0 saturated heterocycles. The monoisotopic (exact) mass is 247 g/mol. The van der Waals surface area contributed by atoms with Crippen molar-refractivity contribution in [2.45, 2.75) is 32.9 Å². The SMILES string of the molecule is CCC(C)NCc1ccc2oc(C(=O)O)cc2c1. The molecule has 0 bridgehead atoms. The Hall–Kier alpha value is -1.81. The Morgan fingerprint density at radius 2 is 2.22 bits per heavy atom. The zero-order valence-corrected chi connectivity index (χ0v) is 10.6. The van der Waals surface area contributed by atoms with Gasteiger partial charge in [0.1, 0.15) is 5.58 Å². The summed E-state index contributed by atoms with van der Waals surface area (Å²) in [5.74, 6) is -1.05. The zero-order valence-electron chi connectivity index (χ0n) is 10.6. The van der Waals surface area contributed by atoms with Crippen molar-refractivity contribution in [3.05, 3.63) is 35.6 Å². The summed E-state index contributed by atoms with van der Waals surface area (Å²) in [5.41, 5.74) is 1.74. The summed E-state index contributed by atoms with van der Waals surface area (Å²) >= 11 is 0. The Balaban J connectivity index is 2.19. The maximum Gasteiger partial charge on any atom is 0.371 e. The topological polar surface area (TPSA) is 62.5 Å². The van der Waals surface area contributed by atoms with E-state index in [1.165, 1.54) is 0 Å². The van der Waals surface area contributed by atoms with Crippen LogP contribution in [0.4, 0.5) is 0 Å². The van der Waals surface area contributed by atoms with Crippen LogP contribution in [0, 0.1) is 0 Å². The first kappa shape index (κ1) is 12.6. The Morgan fingerprint density at radius 1 is 1.44 bits per heavy atom. The van der Waals surface area contributed by atoms with E-state index in [0.29, 0.717) is 11.6 Å². The molecule has 0 aliphatic heterocycles. The number of nitrogens with one attached hydrogen (secondary N) is 1. The molecule has 0 aliphatic rings. The van der Waals surface area contributed by atoms with E-state index in [9.17, 15) is 4.79 Å². The summed E-state index contributed by atoms with van der Waals surface area (Å²) in [6.45, 7) is 5.05. The van der Waals surface area contributed by atoms with Crippen LogP contribution < -0.4 is 5.32 Å². The minimum atomic E-state index is -1.04. The number of carbonyl (C=O) groups is 1. The molecule has 1 unspecified atom stereocenters. The van der Waals surface area contributed by atoms with E-state index in [0.717, 1.165) is 23.9 Å². The quantitative estimate of drug-likeness (QED) is 0.852. The second kappa shape index (κ2) is 5.23. The predicted octanol–water partition coefficient (Wildman–Crippen LogP) is 3.02. The number of hydrogen-bond donors (Lipinski definition) is 2. The van der Waals surface area contributed by atoms with Crippen LogP contribution >= 0.6 is 0 Å². The van der Waals surface area contributed by atoms with Gasteiger partial charge in [-0.2, -0.15) is 0 Å². The molecule has 1 aromatic carbocycles. The fourth-order valence-electron chi connectivity index (χ4n) is 1.74. The molecule has 2 rings (SSSR count). The molecule has 18 heavy (non-hydrogen) atoms. The van der Waals surface area contributed by atoms with Gasteiger partial charge < -0.3 is 14.8 Å². The molecule has 1 atom stereocenters. The van der Waals surface area contributed by atoms with Gasteiger partial charge in [-0.1, -0.05) is 13.0 Å². The van der Waals surface area contributed by atoms with Crippen molar-refractivity contribution >= 4 is 16.9 Å². The zero-order chi connectivity index (χ0) is 13.1. The predicted molar refractivity (Wildman–Crippen MR) is 69.8 cm³/mol. The Kier molecular flexibility index (Phi) is 3.67. The Labute approximate surface area is 106 Å². The first-order valence-corrected chi connectivity index (χ1v) is 6.09. The van der Waals surface area contributed by atoms with Crippen molar-refractivity contribution in [3.63, 3.8) is 0 Å². The fourth-order valence-corrected chi connectivity index (χ4v) is 1.74. The van der Waals surface area contributed by atoms with E-state index in [1.807, 2.05) is 18.2 Å². The highest BCUT2D eigenvalue weighted by Gasteiger charge is 2.10. The lowest BCUT2D eigenvalue weighted by atomic mass is 10.1. The maximum absolute atomic E-state index is 10.8. The summed E-state index contributed by atoms with van der Waals surface area (Å²) in [7, 11) is 0. The lowest BCUT2D eigenvalue weighted by Crippen LogP contribution is -2.24. The van der Waals surface area contributed by atoms with Gasteiger partial charge in [0, 0.05) is 18.0 Å². The molecule has 0 amide bonds. The molecular weight excluding hydrogens is 230 g/mol. The highest BCUT2D eigenvalue weighted by molar-refractivity contribution is 5.91. The van der Waals surface area contributed by atoms with E-state index in [4.69, 9.17) is 9.52 Å². The number of carboxylic acid groups (broad SMARTS) is 1. The number of fused-ring (bicyclic) bond motifs is 1. The molecule has 1 aromatic heterocycles. The minimum Gasteiger partial charge on any atom is -0.475 e. The third-order valence-corrected chi connectivity index (χ3v) is 3.06. The van der Waals surface area contributed by atoms with Crippen molar-refractivity contribution in [1.82, 2.24) is 5.32 Å². The number of furan rings is 1. The molecule has 0 spiro atoms. The van der Waals surface area contributed by atoms with Crippen molar-refractivity contribution in [2.75, 3.05) is 0 Å².